The predicted molar refractivity (Wildman–Crippen MR) is 105 cm³/mol. The van der Waals surface area contributed by atoms with Gasteiger partial charge in [0.05, 0.1) is 6.54 Å². The van der Waals surface area contributed by atoms with Crippen molar-refractivity contribution in [2.45, 2.75) is 6.92 Å². The number of hydrogen-bond acceptors (Lipinski definition) is 7. The molecule has 0 spiro atoms. The van der Waals surface area contributed by atoms with Crippen LogP contribution in [0.1, 0.15) is 11.4 Å². The molecule has 1 aromatic heterocycles. The number of nitrogens with one attached hydrogen (secondary N) is 1. The van der Waals surface area contributed by atoms with E-state index in [2.05, 4.69) is 60.3 Å². The number of likely N-dealkylation sites (N-methyl/N-ethyl adjacent to an activating group) is 1. The van der Waals surface area contributed by atoms with Gasteiger partial charge in [-0.3, -0.25) is 4.99 Å². The van der Waals surface area contributed by atoms with Gasteiger partial charge in [-0.2, -0.15) is 15.0 Å². The van der Waals surface area contributed by atoms with Crippen LogP contribution in [-0.2, 0) is 0 Å². The molecule has 2 aliphatic rings. The summed E-state index contributed by atoms with van der Waals surface area (Å²) in [5.41, 5.74) is 2.39. The molecule has 7 nitrogen and oxygen atoms in total. The van der Waals surface area contributed by atoms with Crippen molar-refractivity contribution >= 4 is 23.3 Å². The minimum atomic E-state index is 0.552. The van der Waals surface area contributed by atoms with E-state index in [0.717, 1.165) is 38.0 Å². The summed E-state index contributed by atoms with van der Waals surface area (Å²) in [7, 11) is 2.14. The van der Waals surface area contributed by atoms with Gasteiger partial charge in [0.15, 0.2) is 0 Å². The van der Waals surface area contributed by atoms with Crippen molar-refractivity contribution < 1.29 is 0 Å². The van der Waals surface area contributed by atoms with E-state index in [9.17, 15) is 0 Å². The summed E-state index contributed by atoms with van der Waals surface area (Å²) in [4.78, 5) is 22.6. The van der Waals surface area contributed by atoms with Gasteiger partial charge in [0.25, 0.3) is 0 Å². The summed E-state index contributed by atoms with van der Waals surface area (Å²) in [6.07, 6.45) is 2.06. The fourth-order valence-electron chi connectivity index (χ4n) is 3.12. The molecule has 0 saturated carbocycles. The first-order chi connectivity index (χ1) is 12.7. The number of amidine groups is 1. The second kappa shape index (κ2) is 7.21. The van der Waals surface area contributed by atoms with Gasteiger partial charge < -0.3 is 15.1 Å². The van der Waals surface area contributed by atoms with Crippen LogP contribution in [0.5, 0.6) is 0 Å². The summed E-state index contributed by atoms with van der Waals surface area (Å²) < 4.78 is 0. The third kappa shape index (κ3) is 3.72. The third-order valence-electron chi connectivity index (χ3n) is 4.64. The molecule has 1 N–H and O–H groups in total. The van der Waals surface area contributed by atoms with E-state index in [1.165, 1.54) is 11.1 Å². The van der Waals surface area contributed by atoms with Crippen LogP contribution in [0.2, 0.25) is 0 Å². The highest BCUT2D eigenvalue weighted by Crippen LogP contribution is 2.20. The zero-order valence-corrected chi connectivity index (χ0v) is 15.2. The standard InChI is InChI=1S/C19H23N7/c1-14-21-18(24-19(22-14)26-10-8-25(2)9-11-26)23-17-12-16(13-20-17)15-6-4-3-5-7-15/h3-7,12H,8-11,13H2,1-2H3,(H,20,21,22,23,24). The fourth-order valence-corrected chi connectivity index (χ4v) is 3.12. The summed E-state index contributed by atoms with van der Waals surface area (Å²) in [6.45, 7) is 6.46. The smallest absolute Gasteiger partial charge is 0.233 e. The van der Waals surface area contributed by atoms with Crippen LogP contribution < -0.4 is 10.2 Å². The quantitative estimate of drug-likeness (QED) is 0.912. The van der Waals surface area contributed by atoms with Gasteiger partial charge in [-0.1, -0.05) is 30.3 Å². The Labute approximate surface area is 153 Å². The number of aryl methyl sites for hydroxylation is 1. The Morgan fingerprint density at radius 3 is 2.50 bits per heavy atom. The van der Waals surface area contributed by atoms with Crippen molar-refractivity contribution in [3.8, 4) is 0 Å². The lowest BCUT2D eigenvalue weighted by molar-refractivity contribution is 0.311. The van der Waals surface area contributed by atoms with Gasteiger partial charge in [0.1, 0.15) is 11.7 Å². The van der Waals surface area contributed by atoms with Crippen LogP contribution in [0, 0.1) is 6.92 Å². The van der Waals surface area contributed by atoms with Gasteiger partial charge in [-0.15, -0.1) is 0 Å². The van der Waals surface area contributed by atoms with Crippen LogP contribution in [-0.4, -0.2) is 65.5 Å². The Bertz CT molecular complexity index is 836. The lowest BCUT2D eigenvalue weighted by atomic mass is 10.1. The Morgan fingerprint density at radius 1 is 0.962 bits per heavy atom. The second-order valence-corrected chi connectivity index (χ2v) is 6.66. The van der Waals surface area contributed by atoms with Crippen molar-refractivity contribution in [1.82, 2.24) is 19.9 Å². The molecular formula is C19H23N7. The number of anilines is 2. The van der Waals surface area contributed by atoms with E-state index in [1.807, 2.05) is 25.1 Å². The molecule has 0 unspecified atom stereocenters. The molecule has 0 aliphatic carbocycles. The van der Waals surface area contributed by atoms with Crippen LogP contribution in [0.3, 0.4) is 0 Å². The minimum absolute atomic E-state index is 0.552. The maximum absolute atomic E-state index is 4.61. The minimum Gasteiger partial charge on any atom is -0.338 e. The first kappa shape index (κ1) is 16.7. The maximum Gasteiger partial charge on any atom is 0.233 e. The molecule has 1 aromatic carbocycles. The van der Waals surface area contributed by atoms with Gasteiger partial charge in [0, 0.05) is 26.2 Å². The highest BCUT2D eigenvalue weighted by molar-refractivity contribution is 6.10. The van der Waals surface area contributed by atoms with E-state index in [4.69, 9.17) is 0 Å². The number of aromatic nitrogens is 3. The van der Waals surface area contributed by atoms with Crippen LogP contribution in [0.4, 0.5) is 11.9 Å². The van der Waals surface area contributed by atoms with Gasteiger partial charge in [0.2, 0.25) is 11.9 Å². The molecule has 26 heavy (non-hydrogen) atoms. The largest absolute Gasteiger partial charge is 0.338 e. The zero-order chi connectivity index (χ0) is 17.9. The van der Waals surface area contributed by atoms with Crippen molar-refractivity contribution in [1.29, 1.82) is 0 Å². The van der Waals surface area contributed by atoms with E-state index in [1.54, 1.807) is 0 Å². The van der Waals surface area contributed by atoms with E-state index in [-0.39, 0.29) is 0 Å². The van der Waals surface area contributed by atoms with E-state index >= 15 is 0 Å². The summed E-state index contributed by atoms with van der Waals surface area (Å²) in [5, 5.41) is 3.24. The first-order valence-corrected chi connectivity index (χ1v) is 8.91. The van der Waals surface area contributed by atoms with Gasteiger partial charge in [-0.05, 0) is 31.2 Å². The number of hydrogen-bond donors (Lipinski definition) is 1. The average Bonchev–Trinajstić information content (AvgIpc) is 3.11. The molecule has 2 aliphatic heterocycles. The average molecular weight is 349 g/mol. The summed E-state index contributed by atoms with van der Waals surface area (Å²) in [6, 6.07) is 10.3. The highest BCUT2D eigenvalue weighted by atomic mass is 15.3. The molecule has 7 heteroatoms. The third-order valence-corrected chi connectivity index (χ3v) is 4.64. The van der Waals surface area contributed by atoms with Crippen LogP contribution in [0.25, 0.3) is 5.57 Å². The molecule has 0 radical (unpaired) electrons. The van der Waals surface area contributed by atoms with Gasteiger partial charge in [-0.25, -0.2) is 0 Å². The topological polar surface area (TPSA) is 69.5 Å². The molecule has 0 amide bonds. The lowest BCUT2D eigenvalue weighted by Crippen LogP contribution is -2.45. The zero-order valence-electron chi connectivity index (χ0n) is 15.2. The van der Waals surface area contributed by atoms with Crippen molar-refractivity contribution in [3.05, 3.63) is 47.8 Å². The molecule has 1 fully saturated rings. The Hall–Kier alpha value is -2.80. The molecule has 134 valence electrons. The van der Waals surface area contributed by atoms with Gasteiger partial charge >= 0.3 is 0 Å². The highest BCUT2D eigenvalue weighted by Gasteiger charge is 2.18. The van der Waals surface area contributed by atoms with Crippen LogP contribution >= 0.6 is 0 Å². The monoisotopic (exact) mass is 349 g/mol. The molecule has 0 bridgehead atoms. The molecule has 0 atom stereocenters. The van der Waals surface area contributed by atoms with Crippen molar-refractivity contribution in [2.24, 2.45) is 4.99 Å². The molecule has 3 heterocycles. The number of nitrogens with zero attached hydrogens (tertiary/aromatic N) is 6. The predicted octanol–water partition coefficient (Wildman–Crippen LogP) is 1.84. The van der Waals surface area contributed by atoms with E-state index < -0.39 is 0 Å². The van der Waals surface area contributed by atoms with E-state index in [0.29, 0.717) is 18.3 Å². The molecular weight excluding hydrogens is 326 g/mol. The SMILES string of the molecule is Cc1nc(NC2=NCC(c3ccccc3)=C2)nc(N2CCN(C)CC2)n1. The second-order valence-electron chi connectivity index (χ2n) is 6.66. The molecule has 1 saturated heterocycles. The fraction of sp³-hybridized carbons (Fsp3) is 0.368. The summed E-state index contributed by atoms with van der Waals surface area (Å²) in [5.74, 6) is 2.79. The normalized spacial score (nSPS) is 17.8. The van der Waals surface area contributed by atoms with Crippen LogP contribution in [0.15, 0.2) is 41.4 Å². The first-order valence-electron chi connectivity index (χ1n) is 8.91. The maximum atomic E-state index is 4.61. The Balaban J connectivity index is 1.49. The Kier molecular flexibility index (Phi) is 4.62. The van der Waals surface area contributed by atoms with Crippen molar-refractivity contribution in [3.63, 3.8) is 0 Å². The number of benzene rings is 1. The molecule has 2 aromatic rings. The summed E-state index contributed by atoms with van der Waals surface area (Å²) >= 11 is 0. The lowest BCUT2D eigenvalue weighted by Gasteiger charge is -2.32. The Morgan fingerprint density at radius 2 is 1.73 bits per heavy atom. The number of piperazine rings is 1. The molecule has 4 rings (SSSR count). The number of rotatable bonds is 3. The number of aliphatic imine (C=N–C) groups is 1. The van der Waals surface area contributed by atoms with Crippen molar-refractivity contribution in [2.75, 3.05) is 50.0 Å².